The molecule has 0 unspecified atom stereocenters. The fourth-order valence-corrected chi connectivity index (χ4v) is 2.49. The zero-order chi connectivity index (χ0) is 18.3. The molecule has 0 aliphatic carbocycles. The Balaban J connectivity index is 3.55. The Bertz CT molecular complexity index is 357. The molecule has 0 spiro atoms. The first kappa shape index (κ1) is 23.5. The van der Waals surface area contributed by atoms with Crippen LogP contribution in [-0.4, -0.2) is 40.3 Å². The summed E-state index contributed by atoms with van der Waals surface area (Å²) in [5.74, 6) is -0.434. The summed E-state index contributed by atoms with van der Waals surface area (Å²) in [6.45, 7) is 1.29. The van der Waals surface area contributed by atoms with Crippen LogP contribution in [0.4, 0.5) is 0 Å². The molecule has 0 saturated carbocycles. The van der Waals surface area contributed by atoms with E-state index in [0.29, 0.717) is 0 Å². The molecule has 8 nitrogen and oxygen atoms in total. The third-order valence-corrected chi connectivity index (χ3v) is 3.98. The van der Waals surface area contributed by atoms with Gasteiger partial charge in [0.2, 0.25) is 0 Å². The van der Waals surface area contributed by atoms with E-state index in [2.05, 4.69) is 16.3 Å². The Hall–Kier alpha value is -0.500. The molecule has 0 aromatic rings. The minimum Gasteiger partial charge on any atom is -0.463 e. The molecule has 0 aromatic heterocycles. The van der Waals surface area contributed by atoms with Gasteiger partial charge in [0.05, 0.1) is 6.61 Å². The number of hydrogen-bond acceptors (Lipinski definition) is 6. The van der Waals surface area contributed by atoms with Crippen LogP contribution in [0.1, 0.15) is 71.1 Å². The fourth-order valence-electron chi connectivity index (χ4n) is 2.13. The fraction of sp³-hybridized carbons (Fsp3) is 0.933. The van der Waals surface area contributed by atoms with Crippen molar-refractivity contribution in [1.29, 1.82) is 0 Å². The van der Waals surface area contributed by atoms with E-state index in [1.54, 1.807) is 0 Å². The minimum atomic E-state index is -4.65. The average molecular weight is 370 g/mol. The van der Waals surface area contributed by atoms with Crippen molar-refractivity contribution in [3.05, 3.63) is 0 Å². The van der Waals surface area contributed by atoms with Crippen LogP contribution in [0.25, 0.3) is 0 Å². The number of carbonyl (C=O) groups excluding carboxylic acids is 1. The standard InChI is InChI=1S/C15H31O8P/c1-2-3-4-5-6-7-8-9-10-11-15(16)21-12-14(23-17)13-22-24(18,19)20/h14,17H,2-13H2,1H3,(H2,18,19,20)/t14-/m1/s1. The van der Waals surface area contributed by atoms with E-state index in [1.807, 2.05) is 0 Å². The summed E-state index contributed by atoms with van der Waals surface area (Å²) in [6, 6.07) is 0. The third-order valence-electron chi connectivity index (χ3n) is 3.49. The molecule has 0 saturated heterocycles. The predicted octanol–water partition coefficient (Wildman–Crippen LogP) is 3.42. The van der Waals surface area contributed by atoms with Crippen LogP contribution < -0.4 is 0 Å². The van der Waals surface area contributed by atoms with Crippen molar-refractivity contribution in [2.75, 3.05) is 13.2 Å². The second kappa shape index (κ2) is 14.8. The highest BCUT2D eigenvalue weighted by molar-refractivity contribution is 7.46. The monoisotopic (exact) mass is 370 g/mol. The molecule has 0 radical (unpaired) electrons. The summed E-state index contributed by atoms with van der Waals surface area (Å²) >= 11 is 0. The maximum Gasteiger partial charge on any atom is 0.469 e. The van der Waals surface area contributed by atoms with Crippen molar-refractivity contribution < 1.29 is 38.6 Å². The van der Waals surface area contributed by atoms with Crippen LogP contribution >= 0.6 is 7.82 Å². The third kappa shape index (κ3) is 16.4. The Morgan fingerprint density at radius 2 is 1.50 bits per heavy atom. The molecular weight excluding hydrogens is 339 g/mol. The van der Waals surface area contributed by atoms with Crippen molar-refractivity contribution in [2.24, 2.45) is 0 Å². The van der Waals surface area contributed by atoms with Crippen molar-refractivity contribution in [2.45, 2.75) is 77.2 Å². The van der Waals surface area contributed by atoms with E-state index < -0.39 is 26.5 Å². The number of hydrogen-bond donors (Lipinski definition) is 3. The highest BCUT2D eigenvalue weighted by atomic mass is 31.2. The zero-order valence-electron chi connectivity index (χ0n) is 14.4. The van der Waals surface area contributed by atoms with Gasteiger partial charge in [0.1, 0.15) is 6.61 Å². The Kier molecular flexibility index (Phi) is 14.5. The van der Waals surface area contributed by atoms with E-state index in [1.165, 1.54) is 38.5 Å². The van der Waals surface area contributed by atoms with E-state index >= 15 is 0 Å². The maximum absolute atomic E-state index is 11.5. The Morgan fingerprint density at radius 1 is 0.958 bits per heavy atom. The molecule has 0 rings (SSSR count). The van der Waals surface area contributed by atoms with Crippen molar-refractivity contribution in [3.8, 4) is 0 Å². The molecule has 1 atom stereocenters. The number of carbonyl (C=O) groups is 1. The summed E-state index contributed by atoms with van der Waals surface area (Å²) in [4.78, 5) is 32.5. The number of esters is 1. The second-order valence-electron chi connectivity index (χ2n) is 5.78. The maximum atomic E-state index is 11.5. The second-order valence-corrected chi connectivity index (χ2v) is 7.01. The Labute approximate surface area is 143 Å². The van der Waals surface area contributed by atoms with Gasteiger partial charge in [0, 0.05) is 6.42 Å². The van der Waals surface area contributed by atoms with Crippen molar-refractivity contribution in [3.63, 3.8) is 0 Å². The van der Waals surface area contributed by atoms with Gasteiger partial charge in [-0.3, -0.25) is 14.6 Å². The van der Waals surface area contributed by atoms with Gasteiger partial charge in [-0.15, -0.1) is 0 Å². The quantitative estimate of drug-likeness (QED) is 0.124. The van der Waals surface area contributed by atoms with E-state index in [9.17, 15) is 9.36 Å². The zero-order valence-corrected chi connectivity index (χ0v) is 15.3. The first-order valence-electron chi connectivity index (χ1n) is 8.55. The lowest BCUT2D eigenvalue weighted by Gasteiger charge is -2.14. The summed E-state index contributed by atoms with van der Waals surface area (Å²) in [5, 5.41) is 8.56. The SMILES string of the molecule is CCCCCCCCCCCC(=O)OC[C@H](COP(=O)(O)O)OO. The van der Waals surface area contributed by atoms with E-state index in [4.69, 9.17) is 19.8 Å². The first-order chi connectivity index (χ1) is 11.4. The molecule has 144 valence electrons. The van der Waals surface area contributed by atoms with Gasteiger partial charge in [-0.25, -0.2) is 9.45 Å². The largest absolute Gasteiger partial charge is 0.469 e. The summed E-state index contributed by atoms with van der Waals surface area (Å²) in [5.41, 5.74) is 0. The minimum absolute atomic E-state index is 0.271. The van der Waals surface area contributed by atoms with Crippen LogP contribution in [0.2, 0.25) is 0 Å². The van der Waals surface area contributed by atoms with Crippen molar-refractivity contribution in [1.82, 2.24) is 0 Å². The number of ether oxygens (including phenoxy) is 1. The van der Waals surface area contributed by atoms with Crippen LogP contribution in [0.5, 0.6) is 0 Å². The molecule has 0 aromatic carbocycles. The van der Waals surface area contributed by atoms with Gasteiger partial charge < -0.3 is 14.5 Å². The van der Waals surface area contributed by atoms with Gasteiger partial charge in [0.25, 0.3) is 0 Å². The summed E-state index contributed by atoms with van der Waals surface area (Å²) in [6.07, 6.45) is 9.45. The molecular formula is C15H31O8P. The summed E-state index contributed by atoms with van der Waals surface area (Å²) < 4.78 is 19.6. The molecule has 0 aliphatic heterocycles. The topological polar surface area (TPSA) is 123 Å². The Morgan fingerprint density at radius 3 is 2.00 bits per heavy atom. The van der Waals surface area contributed by atoms with E-state index in [-0.39, 0.29) is 13.0 Å². The molecule has 24 heavy (non-hydrogen) atoms. The highest BCUT2D eigenvalue weighted by Crippen LogP contribution is 2.35. The number of phosphoric acid groups is 1. The average Bonchev–Trinajstić information content (AvgIpc) is 2.52. The lowest BCUT2D eigenvalue weighted by Crippen LogP contribution is -2.25. The molecule has 9 heteroatoms. The van der Waals surface area contributed by atoms with Crippen LogP contribution in [0.3, 0.4) is 0 Å². The van der Waals surface area contributed by atoms with Gasteiger partial charge in [-0.1, -0.05) is 58.3 Å². The lowest BCUT2D eigenvalue weighted by atomic mass is 10.1. The van der Waals surface area contributed by atoms with Crippen LogP contribution in [-0.2, 0) is 23.5 Å². The van der Waals surface area contributed by atoms with Gasteiger partial charge in [0.15, 0.2) is 6.10 Å². The number of unbranched alkanes of at least 4 members (excludes halogenated alkanes) is 8. The molecule has 0 amide bonds. The first-order valence-corrected chi connectivity index (χ1v) is 10.1. The molecule has 0 heterocycles. The van der Waals surface area contributed by atoms with Crippen LogP contribution in [0.15, 0.2) is 0 Å². The highest BCUT2D eigenvalue weighted by Gasteiger charge is 2.20. The number of phosphoric ester groups is 1. The molecule has 0 aliphatic rings. The molecule has 3 N–H and O–H groups in total. The molecule has 0 bridgehead atoms. The van der Waals surface area contributed by atoms with E-state index in [0.717, 1.165) is 19.3 Å². The van der Waals surface area contributed by atoms with Crippen molar-refractivity contribution >= 4 is 13.8 Å². The smallest absolute Gasteiger partial charge is 0.463 e. The van der Waals surface area contributed by atoms with Gasteiger partial charge in [-0.05, 0) is 6.42 Å². The molecule has 0 fully saturated rings. The van der Waals surface area contributed by atoms with Gasteiger partial charge in [-0.2, -0.15) is 0 Å². The lowest BCUT2D eigenvalue weighted by molar-refractivity contribution is -0.290. The normalized spacial score (nSPS) is 13.0. The summed E-state index contributed by atoms with van der Waals surface area (Å²) in [7, 11) is -4.65. The van der Waals surface area contributed by atoms with Crippen LogP contribution in [0, 0.1) is 0 Å². The number of rotatable bonds is 16. The predicted molar refractivity (Wildman–Crippen MR) is 88.3 cm³/mol. The van der Waals surface area contributed by atoms with Gasteiger partial charge >= 0.3 is 13.8 Å².